The van der Waals surface area contributed by atoms with Gasteiger partial charge in [-0.3, -0.25) is 0 Å². The van der Waals surface area contributed by atoms with Crippen molar-refractivity contribution in [1.82, 2.24) is 0 Å². The minimum Gasteiger partial charge on any atom is -0.478 e. The fourth-order valence-corrected chi connectivity index (χ4v) is 2.94. The van der Waals surface area contributed by atoms with Gasteiger partial charge in [0.1, 0.15) is 0 Å². The standard InChI is InChI=1S/C14H11BrO4S/c1-20(18,19)11-5-2-9(3-6-11)10-4-7-12(14(16)17)13(15)8-10/h2-8H,1H3,(H,16,17). The van der Waals surface area contributed by atoms with Crippen molar-refractivity contribution in [3.8, 4) is 11.1 Å². The van der Waals surface area contributed by atoms with Gasteiger partial charge < -0.3 is 5.11 Å². The zero-order chi connectivity index (χ0) is 14.9. The summed E-state index contributed by atoms with van der Waals surface area (Å²) in [6.45, 7) is 0. The highest BCUT2D eigenvalue weighted by Gasteiger charge is 2.10. The van der Waals surface area contributed by atoms with Crippen molar-refractivity contribution in [1.29, 1.82) is 0 Å². The largest absolute Gasteiger partial charge is 0.478 e. The van der Waals surface area contributed by atoms with Crippen LogP contribution in [0.5, 0.6) is 0 Å². The molecule has 0 aliphatic carbocycles. The predicted octanol–water partition coefficient (Wildman–Crippen LogP) is 3.22. The maximum atomic E-state index is 11.4. The molecule has 0 bridgehead atoms. The minimum absolute atomic E-state index is 0.182. The maximum absolute atomic E-state index is 11.4. The molecule has 2 aromatic carbocycles. The number of hydrogen-bond donors (Lipinski definition) is 1. The number of carboxylic acid groups (broad SMARTS) is 1. The minimum atomic E-state index is -3.21. The first-order chi connectivity index (χ1) is 9.29. The molecule has 1 N–H and O–H groups in total. The van der Waals surface area contributed by atoms with E-state index in [9.17, 15) is 13.2 Å². The van der Waals surface area contributed by atoms with Crippen LogP contribution in [-0.4, -0.2) is 25.7 Å². The van der Waals surface area contributed by atoms with Gasteiger partial charge in [-0.05, 0) is 51.3 Å². The Morgan fingerprint density at radius 3 is 2.05 bits per heavy atom. The average Bonchev–Trinajstić information content (AvgIpc) is 2.37. The molecule has 0 aromatic heterocycles. The summed E-state index contributed by atoms with van der Waals surface area (Å²) < 4.78 is 23.2. The Balaban J connectivity index is 2.42. The van der Waals surface area contributed by atoms with Crippen LogP contribution < -0.4 is 0 Å². The molecule has 0 aliphatic rings. The van der Waals surface area contributed by atoms with Crippen molar-refractivity contribution in [2.24, 2.45) is 0 Å². The molecule has 0 saturated heterocycles. The first-order valence-corrected chi connectivity index (χ1v) is 8.31. The summed E-state index contributed by atoms with van der Waals surface area (Å²) in [6, 6.07) is 11.3. The zero-order valence-electron chi connectivity index (χ0n) is 10.5. The van der Waals surface area contributed by atoms with E-state index in [2.05, 4.69) is 15.9 Å². The van der Waals surface area contributed by atoms with Gasteiger partial charge in [0.2, 0.25) is 0 Å². The van der Waals surface area contributed by atoms with Crippen LogP contribution in [0, 0.1) is 0 Å². The number of carbonyl (C=O) groups is 1. The van der Waals surface area contributed by atoms with Gasteiger partial charge in [0, 0.05) is 10.7 Å². The first kappa shape index (κ1) is 14.7. The summed E-state index contributed by atoms with van der Waals surface area (Å²) in [7, 11) is -3.21. The SMILES string of the molecule is CS(=O)(=O)c1ccc(-c2ccc(C(=O)O)c(Br)c2)cc1. The molecule has 0 spiro atoms. The highest BCUT2D eigenvalue weighted by Crippen LogP contribution is 2.27. The first-order valence-electron chi connectivity index (χ1n) is 5.62. The summed E-state index contributed by atoms with van der Waals surface area (Å²) in [5, 5.41) is 8.96. The van der Waals surface area contributed by atoms with Gasteiger partial charge in [0.05, 0.1) is 10.5 Å². The van der Waals surface area contributed by atoms with E-state index >= 15 is 0 Å². The third-order valence-corrected chi connectivity index (χ3v) is 4.60. The van der Waals surface area contributed by atoms with Gasteiger partial charge in [-0.1, -0.05) is 18.2 Å². The van der Waals surface area contributed by atoms with Crippen molar-refractivity contribution in [2.45, 2.75) is 4.90 Å². The molecular formula is C14H11BrO4S. The number of benzene rings is 2. The lowest BCUT2D eigenvalue weighted by molar-refractivity contribution is 0.0696. The number of halogens is 1. The summed E-state index contributed by atoms with van der Waals surface area (Å²) >= 11 is 3.21. The Morgan fingerprint density at radius 1 is 1.05 bits per heavy atom. The molecule has 0 atom stereocenters. The Kier molecular flexibility index (Phi) is 3.96. The summed E-state index contributed by atoms with van der Waals surface area (Å²) in [5.41, 5.74) is 1.80. The Morgan fingerprint density at radius 2 is 1.60 bits per heavy atom. The second-order valence-electron chi connectivity index (χ2n) is 4.30. The van der Waals surface area contributed by atoms with Crippen molar-refractivity contribution >= 4 is 31.7 Å². The molecule has 0 heterocycles. The lowest BCUT2D eigenvalue weighted by atomic mass is 10.0. The number of aromatic carboxylic acids is 1. The van der Waals surface area contributed by atoms with Gasteiger partial charge in [0.15, 0.2) is 9.84 Å². The van der Waals surface area contributed by atoms with Crippen LogP contribution in [0.1, 0.15) is 10.4 Å². The number of hydrogen-bond acceptors (Lipinski definition) is 3. The van der Waals surface area contributed by atoms with E-state index in [0.29, 0.717) is 4.47 Å². The van der Waals surface area contributed by atoms with E-state index in [1.165, 1.54) is 18.2 Å². The normalized spacial score (nSPS) is 11.3. The zero-order valence-corrected chi connectivity index (χ0v) is 12.9. The number of rotatable bonds is 3. The van der Waals surface area contributed by atoms with Crippen molar-refractivity contribution < 1.29 is 18.3 Å². The molecule has 0 saturated carbocycles. The van der Waals surface area contributed by atoms with E-state index in [0.717, 1.165) is 17.4 Å². The topological polar surface area (TPSA) is 71.4 Å². The molecule has 0 amide bonds. The van der Waals surface area contributed by atoms with Gasteiger partial charge in [-0.2, -0.15) is 0 Å². The van der Waals surface area contributed by atoms with Crippen LogP contribution in [0.3, 0.4) is 0 Å². The predicted molar refractivity (Wildman–Crippen MR) is 79.6 cm³/mol. The van der Waals surface area contributed by atoms with Crippen LogP contribution in [0.4, 0.5) is 0 Å². The summed E-state index contributed by atoms with van der Waals surface area (Å²) in [6.07, 6.45) is 1.15. The molecule has 6 heteroatoms. The van der Waals surface area contributed by atoms with Crippen LogP contribution in [0.2, 0.25) is 0 Å². The third-order valence-electron chi connectivity index (χ3n) is 2.82. The molecule has 4 nitrogen and oxygen atoms in total. The van der Waals surface area contributed by atoms with Gasteiger partial charge in [0.25, 0.3) is 0 Å². The van der Waals surface area contributed by atoms with E-state index in [1.54, 1.807) is 24.3 Å². The Bertz CT molecular complexity index is 764. The molecule has 0 aliphatic heterocycles. The Labute approximate surface area is 125 Å². The monoisotopic (exact) mass is 354 g/mol. The molecule has 0 unspecified atom stereocenters. The van der Waals surface area contributed by atoms with E-state index < -0.39 is 15.8 Å². The summed E-state index contributed by atoms with van der Waals surface area (Å²) in [4.78, 5) is 11.2. The van der Waals surface area contributed by atoms with Gasteiger partial charge in [-0.15, -0.1) is 0 Å². The van der Waals surface area contributed by atoms with E-state index in [-0.39, 0.29) is 10.5 Å². The van der Waals surface area contributed by atoms with Crippen LogP contribution in [-0.2, 0) is 9.84 Å². The van der Waals surface area contributed by atoms with Crippen LogP contribution >= 0.6 is 15.9 Å². The molecule has 0 fully saturated rings. The fraction of sp³-hybridized carbons (Fsp3) is 0.0714. The summed E-state index contributed by atoms with van der Waals surface area (Å²) in [5.74, 6) is -1.00. The highest BCUT2D eigenvalue weighted by molar-refractivity contribution is 9.10. The fourth-order valence-electron chi connectivity index (χ4n) is 1.76. The second-order valence-corrected chi connectivity index (χ2v) is 7.17. The molecule has 104 valence electrons. The molecular weight excluding hydrogens is 344 g/mol. The van der Waals surface area contributed by atoms with E-state index in [4.69, 9.17) is 5.11 Å². The van der Waals surface area contributed by atoms with Crippen LogP contribution in [0.25, 0.3) is 11.1 Å². The molecule has 2 aromatic rings. The van der Waals surface area contributed by atoms with Crippen molar-refractivity contribution in [3.05, 3.63) is 52.5 Å². The number of carboxylic acids is 1. The lowest BCUT2D eigenvalue weighted by Gasteiger charge is -2.06. The smallest absolute Gasteiger partial charge is 0.336 e. The van der Waals surface area contributed by atoms with Gasteiger partial charge >= 0.3 is 5.97 Å². The lowest BCUT2D eigenvalue weighted by Crippen LogP contribution is -1.98. The number of sulfone groups is 1. The third kappa shape index (κ3) is 3.08. The van der Waals surface area contributed by atoms with Gasteiger partial charge in [-0.25, -0.2) is 13.2 Å². The second kappa shape index (κ2) is 5.38. The maximum Gasteiger partial charge on any atom is 0.336 e. The van der Waals surface area contributed by atoms with Crippen molar-refractivity contribution in [2.75, 3.05) is 6.26 Å². The molecule has 2 rings (SSSR count). The quantitative estimate of drug-likeness (QED) is 0.918. The molecule has 20 heavy (non-hydrogen) atoms. The van der Waals surface area contributed by atoms with Crippen molar-refractivity contribution in [3.63, 3.8) is 0 Å². The molecule has 0 radical (unpaired) electrons. The van der Waals surface area contributed by atoms with E-state index in [1.807, 2.05) is 0 Å². The highest BCUT2D eigenvalue weighted by atomic mass is 79.9. The van der Waals surface area contributed by atoms with Crippen LogP contribution in [0.15, 0.2) is 51.8 Å². The Hall–Kier alpha value is -1.66. The average molecular weight is 355 g/mol.